The Morgan fingerprint density at radius 1 is 0.837 bits per heavy atom. The maximum absolute atomic E-state index is 5.14. The van der Waals surface area contributed by atoms with Crippen LogP contribution in [0, 0.1) is 5.41 Å². The molecule has 0 N–H and O–H groups in total. The Bertz CT molecular complexity index is 1750. The first-order chi connectivity index (χ1) is 19.7. The number of hydrogen-bond donors (Lipinski definition) is 0. The minimum atomic E-state index is -0.0524. The summed E-state index contributed by atoms with van der Waals surface area (Å²) in [6.45, 7) is 20.2. The van der Waals surface area contributed by atoms with Crippen molar-refractivity contribution in [2.24, 2.45) is 5.41 Å². The van der Waals surface area contributed by atoms with Gasteiger partial charge in [-0.3, -0.25) is 9.97 Å². The van der Waals surface area contributed by atoms with Crippen LogP contribution in [0.15, 0.2) is 60.9 Å². The molecule has 2 bridgehead atoms. The Labute approximate surface area is 270 Å². The molecule has 4 heterocycles. The Morgan fingerprint density at radius 2 is 1.53 bits per heavy atom. The van der Waals surface area contributed by atoms with Crippen LogP contribution >= 0.6 is 0 Å². The molecule has 2 unspecified atom stereocenters. The Kier molecular flexibility index (Phi) is 7.87. The van der Waals surface area contributed by atoms with Crippen molar-refractivity contribution in [3.05, 3.63) is 83.4 Å². The van der Waals surface area contributed by atoms with Crippen molar-refractivity contribution in [3.8, 4) is 22.8 Å². The molecule has 6 nitrogen and oxygen atoms in total. The summed E-state index contributed by atoms with van der Waals surface area (Å²) >= 11 is 0. The van der Waals surface area contributed by atoms with Gasteiger partial charge in [-0.2, -0.15) is 0 Å². The van der Waals surface area contributed by atoms with Gasteiger partial charge in [-0.25, -0.2) is 0 Å². The molecule has 5 aromatic rings. The van der Waals surface area contributed by atoms with Crippen LogP contribution < -0.4 is 10.2 Å². The summed E-state index contributed by atoms with van der Waals surface area (Å²) in [7, 11) is 0. The van der Waals surface area contributed by atoms with Crippen LogP contribution in [-0.4, -0.2) is 20.2 Å². The first-order valence-corrected chi connectivity index (χ1v) is 15.1. The van der Waals surface area contributed by atoms with Gasteiger partial charge in [0, 0.05) is 40.0 Å². The van der Waals surface area contributed by atoms with Crippen LogP contribution in [0.1, 0.15) is 104 Å². The predicted molar refractivity (Wildman–Crippen MR) is 170 cm³/mol. The predicted octanol–water partition coefficient (Wildman–Crippen LogP) is 8.12. The topological polar surface area (TPSA) is 79.8 Å². The number of aromatic nitrogens is 6. The van der Waals surface area contributed by atoms with Crippen LogP contribution in [0.25, 0.3) is 33.5 Å². The van der Waals surface area contributed by atoms with Crippen molar-refractivity contribution >= 4 is 10.8 Å². The molecule has 7 rings (SSSR count). The maximum Gasteiger partial charge on any atom is 2.00 e. The first kappa shape index (κ1) is 31.3. The molecular weight excluding hydrogens is 712 g/mol. The van der Waals surface area contributed by atoms with Crippen LogP contribution in [0.3, 0.4) is 0 Å². The van der Waals surface area contributed by atoms with E-state index >= 15 is 0 Å². The molecule has 2 aliphatic carbocycles. The molecule has 0 amide bonds. The average molecular weight is 754 g/mol. The van der Waals surface area contributed by atoms with Gasteiger partial charge in [-0.05, 0) is 64.3 Å². The van der Waals surface area contributed by atoms with Crippen molar-refractivity contribution in [3.63, 3.8) is 0 Å². The van der Waals surface area contributed by atoms with E-state index in [4.69, 9.17) is 15.2 Å². The summed E-state index contributed by atoms with van der Waals surface area (Å²) < 4.78 is 0. The third-order valence-electron chi connectivity index (χ3n) is 9.94. The fourth-order valence-electron chi connectivity index (χ4n) is 6.81. The first-order valence-electron chi connectivity index (χ1n) is 15.1. The zero-order valence-corrected chi connectivity index (χ0v) is 29.0. The number of pyridine rings is 2. The van der Waals surface area contributed by atoms with Crippen LogP contribution in [0.5, 0.6) is 0 Å². The van der Waals surface area contributed by atoms with Crippen molar-refractivity contribution in [1.82, 2.24) is 30.4 Å². The number of hydrogen-bond acceptors (Lipinski definition) is 4. The van der Waals surface area contributed by atoms with Crippen molar-refractivity contribution in [1.29, 1.82) is 0 Å². The molecule has 4 aromatic heterocycles. The maximum atomic E-state index is 5.14. The Balaban J connectivity index is 0.000000287. The molecular formula is C36H42N6Pt. The molecule has 1 fully saturated rings. The fraction of sp³-hybridized carbons (Fsp3) is 0.444. The van der Waals surface area contributed by atoms with E-state index < -0.39 is 0 Å². The molecule has 226 valence electrons. The zero-order chi connectivity index (χ0) is 30.1. The normalized spacial score (nSPS) is 20.3. The van der Waals surface area contributed by atoms with E-state index in [0.717, 1.165) is 39.2 Å². The van der Waals surface area contributed by atoms with Gasteiger partial charge in [0.1, 0.15) is 0 Å². The summed E-state index contributed by atoms with van der Waals surface area (Å²) in [5.74, 6) is 0.475. The van der Waals surface area contributed by atoms with Gasteiger partial charge in [0.05, 0.1) is 11.4 Å². The van der Waals surface area contributed by atoms with Crippen molar-refractivity contribution in [2.75, 3.05) is 0 Å². The van der Waals surface area contributed by atoms with Crippen LogP contribution in [0.4, 0.5) is 0 Å². The molecule has 2 aliphatic rings. The van der Waals surface area contributed by atoms with Gasteiger partial charge >= 0.3 is 21.1 Å². The third kappa shape index (κ3) is 5.20. The van der Waals surface area contributed by atoms with Crippen LogP contribution in [-0.2, 0) is 37.3 Å². The van der Waals surface area contributed by atoms with Gasteiger partial charge < -0.3 is 20.4 Å². The van der Waals surface area contributed by atoms with Crippen LogP contribution in [0.2, 0.25) is 0 Å². The minimum Gasteiger partial charge on any atom is -0.573 e. The molecule has 43 heavy (non-hydrogen) atoms. The number of nitrogens with zero attached hydrogens (tertiary/aromatic N) is 6. The zero-order valence-electron chi connectivity index (χ0n) is 26.8. The van der Waals surface area contributed by atoms with E-state index in [-0.39, 0.29) is 42.7 Å². The van der Waals surface area contributed by atoms with Gasteiger partial charge in [0.15, 0.2) is 0 Å². The van der Waals surface area contributed by atoms with Crippen molar-refractivity contribution < 1.29 is 21.1 Å². The van der Waals surface area contributed by atoms with E-state index in [1.165, 1.54) is 29.7 Å². The van der Waals surface area contributed by atoms with Gasteiger partial charge in [0.2, 0.25) is 0 Å². The van der Waals surface area contributed by atoms with Gasteiger partial charge in [-0.1, -0.05) is 104 Å². The molecule has 1 saturated carbocycles. The molecule has 0 aliphatic heterocycles. The van der Waals surface area contributed by atoms with Gasteiger partial charge in [-0.15, -0.1) is 0 Å². The molecule has 7 heteroatoms. The summed E-state index contributed by atoms with van der Waals surface area (Å²) in [5, 5.41) is 20.7. The second-order valence-electron chi connectivity index (χ2n) is 14.9. The van der Waals surface area contributed by atoms with E-state index in [1.54, 1.807) is 0 Å². The summed E-state index contributed by atoms with van der Waals surface area (Å²) in [6, 6.07) is 16.7. The van der Waals surface area contributed by atoms with E-state index in [1.807, 2.05) is 12.4 Å². The number of benzene rings is 1. The fourth-order valence-corrected chi connectivity index (χ4v) is 6.81. The molecule has 2 atom stereocenters. The quantitative estimate of drug-likeness (QED) is 0.181. The summed E-state index contributed by atoms with van der Waals surface area (Å²) in [6.07, 6.45) is 6.04. The van der Waals surface area contributed by atoms with Crippen molar-refractivity contribution in [2.45, 2.75) is 97.3 Å². The largest absolute Gasteiger partial charge is 2.00 e. The Hall–Kier alpha value is -3.11. The average Bonchev–Trinajstić information content (AvgIpc) is 3.69. The summed E-state index contributed by atoms with van der Waals surface area (Å²) in [4.78, 5) is 9.09. The smallest absolute Gasteiger partial charge is 0.573 e. The Morgan fingerprint density at radius 3 is 2.16 bits per heavy atom. The monoisotopic (exact) mass is 753 g/mol. The third-order valence-corrected chi connectivity index (χ3v) is 9.94. The second-order valence-corrected chi connectivity index (χ2v) is 14.9. The number of fused-ring (bicyclic) bond motifs is 6. The van der Waals surface area contributed by atoms with Gasteiger partial charge in [0.25, 0.3) is 0 Å². The molecule has 0 radical (unpaired) electrons. The van der Waals surface area contributed by atoms with E-state index in [2.05, 4.69) is 126 Å². The standard InChI is InChI=1S/C27H29N5.C9H13N.Pt/c1-25(2,3)20-14-19(29-30-20)18-13-15-9-7-8-10-16(15)22(28-18)23-21-17-11-12-27(6,26(17,4)5)24(21)32-31-23;1-9(2,3)8-4-6-10-7-5-8;/h7-10,13-14,17H,11-12H2,1-6H3;4-7H,1-3H3;/q-2;;+2. The summed E-state index contributed by atoms with van der Waals surface area (Å²) in [5.41, 5.74) is 8.82. The van der Waals surface area contributed by atoms with E-state index in [9.17, 15) is 0 Å². The molecule has 1 aromatic carbocycles. The van der Waals surface area contributed by atoms with E-state index in [0.29, 0.717) is 5.92 Å². The molecule has 0 saturated heterocycles. The minimum absolute atomic E-state index is 0. The number of rotatable bonds is 2. The second kappa shape index (κ2) is 10.8. The molecule has 0 spiro atoms. The SMILES string of the molecule is CC(C)(C)c1cc(-c2cc3ccccc3c(-c3[n-]nc4c3C3CCC4(C)C3(C)C)n2)[n-]n1.CC(C)(C)c1ccncc1.[Pt+2].